The third-order valence-corrected chi connectivity index (χ3v) is 4.14. The van der Waals surface area contributed by atoms with Crippen LogP contribution in [-0.4, -0.2) is 27.7 Å². The fourth-order valence-electron chi connectivity index (χ4n) is 3.30. The molecule has 4 nitrogen and oxygen atoms in total. The first-order valence-corrected chi connectivity index (χ1v) is 6.57. The van der Waals surface area contributed by atoms with Gasteiger partial charge < -0.3 is 10.0 Å². The van der Waals surface area contributed by atoms with Gasteiger partial charge in [-0.15, -0.1) is 0 Å². The average molecular weight is 233 g/mol. The van der Waals surface area contributed by atoms with Crippen LogP contribution >= 0.6 is 0 Å². The summed E-state index contributed by atoms with van der Waals surface area (Å²) in [6.07, 6.45) is 10.1. The predicted octanol–water partition coefficient (Wildman–Crippen LogP) is 1.74. The molecule has 2 fully saturated rings. The van der Waals surface area contributed by atoms with Gasteiger partial charge in [0.05, 0.1) is 24.7 Å². The van der Waals surface area contributed by atoms with Crippen molar-refractivity contribution in [3.8, 4) is 0 Å². The number of anilines is 1. The molecule has 1 aromatic rings. The van der Waals surface area contributed by atoms with Gasteiger partial charge in [-0.05, 0) is 25.2 Å². The molecule has 2 unspecified atom stereocenters. The second-order valence-corrected chi connectivity index (χ2v) is 5.12. The van der Waals surface area contributed by atoms with E-state index in [2.05, 4.69) is 14.9 Å². The Hall–Kier alpha value is -1.16. The van der Waals surface area contributed by atoms with Gasteiger partial charge in [0.2, 0.25) is 0 Å². The van der Waals surface area contributed by atoms with Crippen LogP contribution in [-0.2, 0) is 6.61 Å². The van der Waals surface area contributed by atoms with Gasteiger partial charge in [0.15, 0.2) is 0 Å². The topological polar surface area (TPSA) is 49.3 Å². The summed E-state index contributed by atoms with van der Waals surface area (Å²) in [6, 6.07) is 0.659. The van der Waals surface area contributed by atoms with Crippen molar-refractivity contribution in [2.24, 2.45) is 5.92 Å². The maximum Gasteiger partial charge on any atom is 0.147 e. The molecule has 0 bridgehead atoms. The van der Waals surface area contributed by atoms with Crippen molar-refractivity contribution in [3.05, 3.63) is 18.1 Å². The first kappa shape index (κ1) is 11.0. The molecular weight excluding hydrogens is 214 g/mol. The summed E-state index contributed by atoms with van der Waals surface area (Å²) in [4.78, 5) is 11.0. The third kappa shape index (κ3) is 2.02. The monoisotopic (exact) mass is 233 g/mol. The lowest BCUT2D eigenvalue weighted by Crippen LogP contribution is -2.35. The molecule has 0 aromatic carbocycles. The van der Waals surface area contributed by atoms with Gasteiger partial charge >= 0.3 is 0 Å². The fraction of sp³-hybridized carbons (Fsp3) is 0.692. The van der Waals surface area contributed by atoms with Crippen LogP contribution < -0.4 is 4.90 Å². The molecule has 1 N–H and O–H groups in total. The van der Waals surface area contributed by atoms with Crippen LogP contribution in [0.15, 0.2) is 12.4 Å². The van der Waals surface area contributed by atoms with E-state index in [9.17, 15) is 0 Å². The minimum atomic E-state index is -0.0250. The van der Waals surface area contributed by atoms with E-state index in [0.29, 0.717) is 11.7 Å². The predicted molar refractivity (Wildman–Crippen MR) is 65.7 cm³/mol. The summed E-state index contributed by atoms with van der Waals surface area (Å²) in [6.45, 7) is 1.07. The van der Waals surface area contributed by atoms with E-state index in [1.807, 2.05) is 6.20 Å². The number of aliphatic hydroxyl groups excluding tert-OH is 1. The standard InChI is InChI=1S/C13H19N3O/c17-9-11-7-14-8-13(15-11)16-6-5-10-3-1-2-4-12(10)16/h7-8,10,12,17H,1-6,9H2. The van der Waals surface area contributed by atoms with E-state index in [4.69, 9.17) is 5.11 Å². The first-order valence-electron chi connectivity index (χ1n) is 6.57. The van der Waals surface area contributed by atoms with Crippen molar-refractivity contribution in [2.75, 3.05) is 11.4 Å². The van der Waals surface area contributed by atoms with Crippen LogP contribution in [0.3, 0.4) is 0 Å². The van der Waals surface area contributed by atoms with Crippen molar-refractivity contribution in [3.63, 3.8) is 0 Å². The minimum Gasteiger partial charge on any atom is -0.390 e. The maximum atomic E-state index is 9.12. The van der Waals surface area contributed by atoms with Crippen LogP contribution in [0.25, 0.3) is 0 Å². The van der Waals surface area contributed by atoms with Gasteiger partial charge in [-0.1, -0.05) is 12.8 Å². The lowest BCUT2D eigenvalue weighted by atomic mass is 9.85. The van der Waals surface area contributed by atoms with E-state index >= 15 is 0 Å². The van der Waals surface area contributed by atoms with Crippen LogP contribution in [0.5, 0.6) is 0 Å². The highest BCUT2D eigenvalue weighted by molar-refractivity contribution is 5.40. The molecular formula is C13H19N3O. The highest BCUT2D eigenvalue weighted by atomic mass is 16.3. The highest BCUT2D eigenvalue weighted by Gasteiger charge is 2.36. The van der Waals surface area contributed by atoms with Crippen molar-refractivity contribution >= 4 is 5.82 Å². The molecule has 1 aliphatic heterocycles. The average Bonchev–Trinajstić information content (AvgIpc) is 2.82. The normalized spacial score (nSPS) is 28.2. The van der Waals surface area contributed by atoms with Crippen LogP contribution in [0.2, 0.25) is 0 Å². The van der Waals surface area contributed by atoms with Gasteiger partial charge in [-0.3, -0.25) is 4.98 Å². The van der Waals surface area contributed by atoms with Crippen molar-refractivity contribution in [1.82, 2.24) is 9.97 Å². The van der Waals surface area contributed by atoms with Crippen molar-refractivity contribution in [1.29, 1.82) is 0 Å². The zero-order valence-corrected chi connectivity index (χ0v) is 10.0. The number of hydrogen-bond donors (Lipinski definition) is 1. The zero-order valence-electron chi connectivity index (χ0n) is 10.0. The van der Waals surface area contributed by atoms with Gasteiger partial charge in [0.25, 0.3) is 0 Å². The molecule has 92 valence electrons. The largest absolute Gasteiger partial charge is 0.390 e. The molecule has 2 atom stereocenters. The van der Waals surface area contributed by atoms with Gasteiger partial charge in [-0.2, -0.15) is 0 Å². The molecule has 1 aromatic heterocycles. The Labute approximate surface area is 102 Å². The van der Waals surface area contributed by atoms with E-state index in [0.717, 1.165) is 18.3 Å². The molecule has 3 rings (SSSR count). The highest BCUT2D eigenvalue weighted by Crippen LogP contribution is 2.37. The molecule has 0 amide bonds. The molecule has 0 spiro atoms. The number of rotatable bonds is 2. The molecule has 1 saturated heterocycles. The minimum absolute atomic E-state index is 0.0250. The molecule has 17 heavy (non-hydrogen) atoms. The first-order chi connectivity index (χ1) is 8.38. The number of hydrogen-bond acceptors (Lipinski definition) is 4. The van der Waals surface area contributed by atoms with Gasteiger partial charge in [-0.25, -0.2) is 4.98 Å². The Morgan fingerprint density at radius 3 is 3.00 bits per heavy atom. The molecule has 4 heteroatoms. The molecule has 1 saturated carbocycles. The smallest absolute Gasteiger partial charge is 0.147 e. The van der Waals surface area contributed by atoms with Crippen LogP contribution in [0.4, 0.5) is 5.82 Å². The summed E-state index contributed by atoms with van der Waals surface area (Å²) in [5.41, 5.74) is 0.668. The van der Waals surface area contributed by atoms with E-state index in [1.54, 1.807) is 6.20 Å². The molecule has 0 radical (unpaired) electrons. The Kier molecular flexibility index (Phi) is 2.97. The maximum absolute atomic E-state index is 9.12. The third-order valence-electron chi connectivity index (χ3n) is 4.14. The van der Waals surface area contributed by atoms with Crippen molar-refractivity contribution < 1.29 is 5.11 Å². The number of aromatic nitrogens is 2. The molecule has 2 aliphatic rings. The summed E-state index contributed by atoms with van der Waals surface area (Å²) in [5.74, 6) is 1.80. The van der Waals surface area contributed by atoms with E-state index in [1.165, 1.54) is 32.1 Å². The SMILES string of the molecule is OCc1cncc(N2CCC3CCCCC32)n1. The van der Waals surface area contributed by atoms with E-state index in [-0.39, 0.29) is 6.61 Å². The lowest BCUT2D eigenvalue weighted by molar-refractivity contribution is 0.276. The van der Waals surface area contributed by atoms with Crippen LogP contribution in [0, 0.1) is 5.92 Å². The Morgan fingerprint density at radius 1 is 1.24 bits per heavy atom. The van der Waals surface area contributed by atoms with Gasteiger partial charge in [0.1, 0.15) is 5.82 Å². The van der Waals surface area contributed by atoms with E-state index < -0.39 is 0 Å². The number of fused-ring (bicyclic) bond motifs is 1. The van der Waals surface area contributed by atoms with Crippen molar-refractivity contribution in [2.45, 2.75) is 44.8 Å². The van der Waals surface area contributed by atoms with Gasteiger partial charge in [0, 0.05) is 12.6 Å². The Bertz CT molecular complexity index is 396. The number of aliphatic hydroxyl groups is 1. The number of nitrogens with zero attached hydrogens (tertiary/aromatic N) is 3. The summed E-state index contributed by atoms with van der Waals surface area (Å²) >= 11 is 0. The Morgan fingerprint density at radius 2 is 2.12 bits per heavy atom. The quantitative estimate of drug-likeness (QED) is 0.845. The Balaban J connectivity index is 1.83. The zero-order chi connectivity index (χ0) is 11.7. The fourth-order valence-corrected chi connectivity index (χ4v) is 3.30. The molecule has 1 aliphatic carbocycles. The summed E-state index contributed by atoms with van der Waals surface area (Å²) in [5, 5.41) is 9.12. The lowest BCUT2D eigenvalue weighted by Gasteiger charge is -2.32. The second kappa shape index (κ2) is 4.61. The second-order valence-electron chi connectivity index (χ2n) is 5.12. The van der Waals surface area contributed by atoms with Crippen LogP contribution in [0.1, 0.15) is 37.8 Å². The molecule has 2 heterocycles. The summed E-state index contributed by atoms with van der Waals surface area (Å²) in [7, 11) is 0. The summed E-state index contributed by atoms with van der Waals surface area (Å²) < 4.78 is 0.